The predicted molar refractivity (Wildman–Crippen MR) is 89.1 cm³/mol. The molecular formula is C21H17O. The third-order valence-corrected chi connectivity index (χ3v) is 4.33. The molecule has 1 radical (unpaired) electrons. The lowest BCUT2D eigenvalue weighted by Crippen LogP contribution is -2.05. The van der Waals surface area contributed by atoms with Gasteiger partial charge in [-0.3, -0.25) is 0 Å². The van der Waals surface area contributed by atoms with Crippen molar-refractivity contribution in [2.24, 2.45) is 0 Å². The summed E-state index contributed by atoms with van der Waals surface area (Å²) in [5.41, 5.74) is 5.59. The summed E-state index contributed by atoms with van der Waals surface area (Å²) in [5.74, 6) is 1.35. The van der Waals surface area contributed by atoms with Crippen LogP contribution in [0, 0.1) is 6.07 Å². The van der Waals surface area contributed by atoms with Gasteiger partial charge < -0.3 is 4.74 Å². The van der Waals surface area contributed by atoms with Crippen LogP contribution in [0.5, 0.6) is 5.75 Å². The second-order valence-electron chi connectivity index (χ2n) is 5.60. The van der Waals surface area contributed by atoms with Crippen LogP contribution in [0.2, 0.25) is 0 Å². The third kappa shape index (κ3) is 2.29. The minimum atomic E-state index is 0.433. The van der Waals surface area contributed by atoms with Crippen molar-refractivity contribution in [2.45, 2.75) is 12.3 Å². The molecule has 0 unspecified atom stereocenters. The first-order valence-electron chi connectivity index (χ1n) is 7.70. The highest BCUT2D eigenvalue weighted by Crippen LogP contribution is 2.45. The van der Waals surface area contributed by atoms with E-state index in [0.29, 0.717) is 5.92 Å². The summed E-state index contributed by atoms with van der Waals surface area (Å²) < 4.78 is 5.88. The highest BCUT2D eigenvalue weighted by atomic mass is 16.5. The standard InChI is InChI=1S/C21H17O/c1-2-8-16(9-3-1)22-15-14-21-19-12-6-4-10-17(19)18-11-5-7-13-20(18)21/h2-13,21H,14-15H2. The molecule has 0 aromatic heterocycles. The molecule has 4 rings (SSSR count). The van der Waals surface area contributed by atoms with Crippen molar-refractivity contribution in [3.8, 4) is 16.9 Å². The summed E-state index contributed by atoms with van der Waals surface area (Å²) in [6, 6.07) is 28.1. The van der Waals surface area contributed by atoms with E-state index in [1.165, 1.54) is 22.3 Å². The Bertz CT molecular complexity index is 731. The van der Waals surface area contributed by atoms with E-state index in [9.17, 15) is 0 Å². The minimum Gasteiger partial charge on any atom is -0.494 e. The van der Waals surface area contributed by atoms with E-state index in [1.54, 1.807) is 0 Å². The molecule has 3 aromatic rings. The van der Waals surface area contributed by atoms with Gasteiger partial charge in [0.1, 0.15) is 5.75 Å². The zero-order chi connectivity index (χ0) is 14.8. The summed E-state index contributed by atoms with van der Waals surface area (Å²) in [4.78, 5) is 0. The lowest BCUT2D eigenvalue weighted by molar-refractivity contribution is 0.304. The summed E-state index contributed by atoms with van der Waals surface area (Å²) >= 11 is 0. The smallest absolute Gasteiger partial charge is 0.119 e. The van der Waals surface area contributed by atoms with E-state index >= 15 is 0 Å². The maximum absolute atomic E-state index is 5.88. The number of hydrogen-bond donors (Lipinski definition) is 0. The van der Waals surface area contributed by atoms with E-state index in [2.05, 4.69) is 54.6 Å². The first-order chi connectivity index (χ1) is 10.9. The molecule has 0 fully saturated rings. The lowest BCUT2D eigenvalue weighted by atomic mass is 9.94. The zero-order valence-corrected chi connectivity index (χ0v) is 12.3. The Morgan fingerprint density at radius 1 is 0.773 bits per heavy atom. The monoisotopic (exact) mass is 285 g/mol. The van der Waals surface area contributed by atoms with Gasteiger partial charge in [0.25, 0.3) is 0 Å². The van der Waals surface area contributed by atoms with Crippen molar-refractivity contribution >= 4 is 0 Å². The van der Waals surface area contributed by atoms with Gasteiger partial charge in [0.2, 0.25) is 0 Å². The largest absolute Gasteiger partial charge is 0.494 e. The zero-order valence-electron chi connectivity index (χ0n) is 12.3. The van der Waals surface area contributed by atoms with Crippen molar-refractivity contribution in [3.63, 3.8) is 0 Å². The number of fused-ring (bicyclic) bond motifs is 3. The van der Waals surface area contributed by atoms with Crippen molar-refractivity contribution < 1.29 is 4.74 Å². The van der Waals surface area contributed by atoms with Crippen LogP contribution in [0.4, 0.5) is 0 Å². The topological polar surface area (TPSA) is 9.23 Å². The van der Waals surface area contributed by atoms with Gasteiger partial charge in [-0.1, -0.05) is 60.7 Å². The van der Waals surface area contributed by atoms with Gasteiger partial charge in [0.05, 0.1) is 6.61 Å². The Morgan fingerprint density at radius 3 is 2.00 bits per heavy atom. The van der Waals surface area contributed by atoms with Gasteiger partial charge in [0.15, 0.2) is 0 Å². The molecule has 3 aromatic carbocycles. The van der Waals surface area contributed by atoms with Gasteiger partial charge >= 0.3 is 0 Å². The lowest BCUT2D eigenvalue weighted by Gasteiger charge is -2.14. The Labute approximate surface area is 131 Å². The van der Waals surface area contributed by atoms with E-state index < -0.39 is 0 Å². The Kier molecular flexibility index (Phi) is 3.40. The molecule has 1 heteroatoms. The van der Waals surface area contributed by atoms with E-state index in [-0.39, 0.29) is 0 Å². The first-order valence-corrected chi connectivity index (χ1v) is 7.70. The molecule has 0 saturated carbocycles. The first kappa shape index (κ1) is 13.1. The van der Waals surface area contributed by atoms with Crippen molar-refractivity contribution in [1.29, 1.82) is 0 Å². The molecule has 22 heavy (non-hydrogen) atoms. The van der Waals surface area contributed by atoms with Crippen LogP contribution in [0.3, 0.4) is 0 Å². The SMILES string of the molecule is [c]1ccc(OCCC2c3ccccc3-c3ccccc32)cc1. The molecular weight excluding hydrogens is 268 g/mol. The quantitative estimate of drug-likeness (QED) is 0.650. The van der Waals surface area contributed by atoms with Crippen LogP contribution in [0.15, 0.2) is 72.8 Å². The molecule has 0 atom stereocenters. The fraction of sp³-hybridized carbons (Fsp3) is 0.143. The molecule has 0 amide bonds. The molecule has 107 valence electrons. The van der Waals surface area contributed by atoms with E-state index in [1.807, 2.05) is 24.3 Å². The van der Waals surface area contributed by atoms with E-state index in [4.69, 9.17) is 4.74 Å². The summed E-state index contributed by atoms with van der Waals surface area (Å²) in [5, 5.41) is 0. The molecule has 0 bridgehead atoms. The van der Waals surface area contributed by atoms with Gasteiger partial charge in [0, 0.05) is 5.92 Å². The molecule has 0 heterocycles. The Morgan fingerprint density at radius 2 is 1.36 bits per heavy atom. The second kappa shape index (κ2) is 5.69. The summed E-state index contributed by atoms with van der Waals surface area (Å²) in [6.07, 6.45) is 0.993. The van der Waals surface area contributed by atoms with Gasteiger partial charge in [-0.2, -0.15) is 0 Å². The van der Waals surface area contributed by atoms with Gasteiger partial charge in [-0.05, 0) is 46.9 Å². The molecule has 1 aliphatic rings. The number of rotatable bonds is 4. The molecule has 0 aliphatic heterocycles. The van der Waals surface area contributed by atoms with Crippen LogP contribution in [0.1, 0.15) is 23.5 Å². The number of ether oxygens (including phenoxy) is 1. The highest BCUT2D eigenvalue weighted by Gasteiger charge is 2.27. The fourth-order valence-electron chi connectivity index (χ4n) is 3.33. The van der Waals surface area contributed by atoms with E-state index in [0.717, 1.165) is 18.8 Å². The van der Waals surface area contributed by atoms with Crippen LogP contribution in [-0.2, 0) is 0 Å². The van der Waals surface area contributed by atoms with Crippen LogP contribution in [-0.4, -0.2) is 6.61 Å². The van der Waals surface area contributed by atoms with Crippen LogP contribution < -0.4 is 4.74 Å². The van der Waals surface area contributed by atoms with Crippen molar-refractivity contribution in [2.75, 3.05) is 6.61 Å². The average molecular weight is 285 g/mol. The maximum atomic E-state index is 5.88. The van der Waals surface area contributed by atoms with Crippen LogP contribution >= 0.6 is 0 Å². The van der Waals surface area contributed by atoms with Gasteiger partial charge in [-0.15, -0.1) is 0 Å². The third-order valence-electron chi connectivity index (χ3n) is 4.33. The molecule has 0 N–H and O–H groups in total. The Balaban J connectivity index is 1.57. The Hall–Kier alpha value is -2.54. The van der Waals surface area contributed by atoms with Gasteiger partial charge in [-0.25, -0.2) is 0 Å². The predicted octanol–water partition coefficient (Wildman–Crippen LogP) is 5.07. The van der Waals surface area contributed by atoms with Crippen molar-refractivity contribution in [1.82, 2.24) is 0 Å². The number of benzene rings is 3. The summed E-state index contributed by atoms with van der Waals surface area (Å²) in [7, 11) is 0. The highest BCUT2D eigenvalue weighted by molar-refractivity contribution is 5.78. The molecule has 0 saturated heterocycles. The van der Waals surface area contributed by atoms with Crippen LogP contribution in [0.25, 0.3) is 11.1 Å². The second-order valence-corrected chi connectivity index (χ2v) is 5.60. The minimum absolute atomic E-state index is 0.433. The number of hydrogen-bond acceptors (Lipinski definition) is 1. The molecule has 1 nitrogen and oxygen atoms in total. The fourth-order valence-corrected chi connectivity index (χ4v) is 3.33. The maximum Gasteiger partial charge on any atom is 0.119 e. The molecule has 0 spiro atoms. The van der Waals surface area contributed by atoms with Crippen molar-refractivity contribution in [3.05, 3.63) is 90.0 Å². The summed E-state index contributed by atoms with van der Waals surface area (Å²) in [6.45, 7) is 0.720. The normalized spacial score (nSPS) is 12.7. The average Bonchev–Trinajstić information content (AvgIpc) is 2.91. The molecule has 1 aliphatic carbocycles.